The summed E-state index contributed by atoms with van der Waals surface area (Å²) in [5, 5.41) is 7.85. The van der Waals surface area contributed by atoms with Gasteiger partial charge in [-0.3, -0.25) is 0 Å². The van der Waals surface area contributed by atoms with Crippen molar-refractivity contribution in [2.75, 3.05) is 13.1 Å². The number of rotatable bonds is 3. The van der Waals surface area contributed by atoms with E-state index in [-0.39, 0.29) is 23.2 Å². The van der Waals surface area contributed by atoms with Gasteiger partial charge < -0.3 is 10.1 Å². The summed E-state index contributed by atoms with van der Waals surface area (Å²) in [6, 6.07) is 8.08. The zero-order valence-corrected chi connectivity index (χ0v) is 13.3. The first kappa shape index (κ1) is 16.0. The highest BCUT2D eigenvalue weighted by atomic mass is 19.2. The molecule has 1 N–H and O–H groups in total. The van der Waals surface area contributed by atoms with Gasteiger partial charge >= 0.3 is 0 Å². The van der Waals surface area contributed by atoms with Crippen LogP contribution in [0, 0.1) is 17.5 Å². The van der Waals surface area contributed by atoms with Crippen molar-refractivity contribution in [2.45, 2.75) is 18.9 Å². The first-order chi connectivity index (χ1) is 12.1. The summed E-state index contributed by atoms with van der Waals surface area (Å²) in [6.45, 7) is 1.64. The normalized spacial score (nSPS) is 15.6. The lowest BCUT2D eigenvalue weighted by Crippen LogP contribution is -2.34. The van der Waals surface area contributed by atoms with Crippen molar-refractivity contribution in [1.82, 2.24) is 15.1 Å². The van der Waals surface area contributed by atoms with Gasteiger partial charge in [-0.1, -0.05) is 12.1 Å². The molecular formula is C18H16F3N3O. The van der Waals surface area contributed by atoms with Crippen LogP contribution in [0.25, 0.3) is 16.6 Å². The second-order valence-electron chi connectivity index (χ2n) is 6.02. The molecule has 0 aliphatic carbocycles. The molecule has 1 aromatic heterocycles. The number of para-hydroxylation sites is 1. The largest absolute Gasteiger partial charge is 0.473 e. The summed E-state index contributed by atoms with van der Waals surface area (Å²) in [5.74, 6) is -2.33. The van der Waals surface area contributed by atoms with E-state index >= 15 is 0 Å². The fourth-order valence-corrected chi connectivity index (χ4v) is 3.05. The molecule has 2 heterocycles. The summed E-state index contributed by atoms with van der Waals surface area (Å²) in [5.41, 5.74) is 0.409. The van der Waals surface area contributed by atoms with Crippen molar-refractivity contribution in [3.8, 4) is 11.6 Å². The molecule has 7 heteroatoms. The highest BCUT2D eigenvalue weighted by molar-refractivity contribution is 5.86. The average molecular weight is 347 g/mol. The van der Waals surface area contributed by atoms with E-state index in [1.54, 1.807) is 12.1 Å². The Kier molecular flexibility index (Phi) is 4.09. The molecule has 0 bridgehead atoms. The number of nitrogens with one attached hydrogen (secondary N) is 1. The number of hydrogen-bond acceptors (Lipinski definition) is 3. The number of ether oxygens (including phenoxy) is 1. The predicted molar refractivity (Wildman–Crippen MR) is 87.5 cm³/mol. The van der Waals surface area contributed by atoms with Gasteiger partial charge in [-0.15, -0.1) is 5.10 Å². The van der Waals surface area contributed by atoms with Gasteiger partial charge in [0.1, 0.15) is 17.6 Å². The summed E-state index contributed by atoms with van der Waals surface area (Å²) >= 11 is 0. The summed E-state index contributed by atoms with van der Waals surface area (Å²) < 4.78 is 48.8. The standard InChI is InChI=1S/C18H16F3N3O/c19-13-3-1-2-4-16(13)24-17-10-15(21)14(20)9-12(17)18(23-24)25-11-5-7-22-8-6-11/h1-4,9-11,22H,5-8H2. The Balaban J connectivity index is 1.85. The zero-order valence-electron chi connectivity index (χ0n) is 13.3. The highest BCUT2D eigenvalue weighted by Crippen LogP contribution is 2.31. The molecule has 2 aromatic carbocycles. The van der Waals surface area contributed by atoms with Crippen molar-refractivity contribution in [3.63, 3.8) is 0 Å². The molecule has 25 heavy (non-hydrogen) atoms. The van der Waals surface area contributed by atoms with Crippen LogP contribution in [0.5, 0.6) is 5.88 Å². The van der Waals surface area contributed by atoms with E-state index < -0.39 is 17.5 Å². The third-order valence-corrected chi connectivity index (χ3v) is 4.33. The van der Waals surface area contributed by atoms with Crippen molar-refractivity contribution < 1.29 is 17.9 Å². The van der Waals surface area contributed by atoms with E-state index in [0.717, 1.165) is 38.1 Å². The molecule has 1 fully saturated rings. The average Bonchev–Trinajstić information content (AvgIpc) is 2.94. The van der Waals surface area contributed by atoms with Gasteiger partial charge in [0, 0.05) is 6.07 Å². The lowest BCUT2D eigenvalue weighted by atomic mass is 10.1. The van der Waals surface area contributed by atoms with Gasteiger partial charge in [0.2, 0.25) is 5.88 Å². The molecule has 4 nitrogen and oxygen atoms in total. The summed E-state index contributed by atoms with van der Waals surface area (Å²) in [6.07, 6.45) is 1.51. The van der Waals surface area contributed by atoms with Gasteiger partial charge in [0.25, 0.3) is 0 Å². The van der Waals surface area contributed by atoms with Crippen LogP contribution in [0.3, 0.4) is 0 Å². The molecular weight excluding hydrogens is 331 g/mol. The van der Waals surface area contributed by atoms with Crippen molar-refractivity contribution in [3.05, 3.63) is 53.8 Å². The molecule has 0 radical (unpaired) electrons. The number of hydrogen-bond donors (Lipinski definition) is 1. The minimum atomic E-state index is -1.02. The van der Waals surface area contributed by atoms with Gasteiger partial charge in [-0.25, -0.2) is 17.9 Å². The van der Waals surface area contributed by atoms with E-state index in [4.69, 9.17) is 4.74 Å². The van der Waals surface area contributed by atoms with Gasteiger partial charge in [-0.2, -0.15) is 0 Å². The predicted octanol–water partition coefficient (Wildman–Crippen LogP) is 3.57. The van der Waals surface area contributed by atoms with Crippen LogP contribution in [0.2, 0.25) is 0 Å². The van der Waals surface area contributed by atoms with Crippen molar-refractivity contribution in [1.29, 1.82) is 0 Å². The summed E-state index contributed by atoms with van der Waals surface area (Å²) in [4.78, 5) is 0. The first-order valence-corrected chi connectivity index (χ1v) is 8.13. The lowest BCUT2D eigenvalue weighted by Gasteiger charge is -2.22. The van der Waals surface area contributed by atoms with Gasteiger partial charge in [-0.05, 0) is 44.1 Å². The van der Waals surface area contributed by atoms with E-state index in [0.29, 0.717) is 5.39 Å². The Morgan fingerprint density at radius 3 is 2.48 bits per heavy atom. The van der Waals surface area contributed by atoms with Crippen LogP contribution in [0.4, 0.5) is 13.2 Å². The number of nitrogens with zero attached hydrogens (tertiary/aromatic N) is 2. The Bertz CT molecular complexity index is 919. The quantitative estimate of drug-likeness (QED) is 0.787. The number of halogens is 3. The van der Waals surface area contributed by atoms with Crippen molar-refractivity contribution in [2.24, 2.45) is 0 Å². The van der Waals surface area contributed by atoms with E-state index in [9.17, 15) is 13.2 Å². The Morgan fingerprint density at radius 2 is 1.72 bits per heavy atom. The highest BCUT2D eigenvalue weighted by Gasteiger charge is 2.22. The number of benzene rings is 2. The number of aromatic nitrogens is 2. The van der Waals surface area contributed by atoms with Crippen LogP contribution in [-0.4, -0.2) is 29.0 Å². The second-order valence-corrected chi connectivity index (χ2v) is 6.02. The maximum absolute atomic E-state index is 14.2. The molecule has 4 rings (SSSR count). The monoisotopic (exact) mass is 347 g/mol. The van der Waals surface area contributed by atoms with Crippen LogP contribution < -0.4 is 10.1 Å². The molecule has 3 aromatic rings. The van der Waals surface area contributed by atoms with Crippen LogP contribution >= 0.6 is 0 Å². The maximum Gasteiger partial charge on any atom is 0.241 e. The fourth-order valence-electron chi connectivity index (χ4n) is 3.05. The van der Waals surface area contributed by atoms with Crippen molar-refractivity contribution >= 4 is 10.9 Å². The molecule has 130 valence electrons. The molecule has 1 aliphatic rings. The van der Waals surface area contributed by atoms with Gasteiger partial charge in [0.15, 0.2) is 11.6 Å². The van der Waals surface area contributed by atoms with Crippen LogP contribution in [0.15, 0.2) is 36.4 Å². The van der Waals surface area contributed by atoms with E-state index in [1.807, 2.05) is 0 Å². The molecule has 0 amide bonds. The smallest absolute Gasteiger partial charge is 0.241 e. The summed E-state index contributed by atoms with van der Waals surface area (Å²) in [7, 11) is 0. The van der Waals surface area contributed by atoms with Gasteiger partial charge in [0.05, 0.1) is 10.9 Å². The second kappa shape index (κ2) is 6.40. The van der Waals surface area contributed by atoms with E-state index in [1.165, 1.54) is 16.8 Å². The zero-order chi connectivity index (χ0) is 17.4. The topological polar surface area (TPSA) is 39.1 Å². The molecule has 0 unspecified atom stereocenters. The Labute approximate surface area is 142 Å². The Morgan fingerprint density at radius 1 is 1.00 bits per heavy atom. The fraction of sp³-hybridized carbons (Fsp3) is 0.278. The van der Waals surface area contributed by atoms with Crippen LogP contribution in [-0.2, 0) is 0 Å². The number of piperidine rings is 1. The molecule has 0 spiro atoms. The third-order valence-electron chi connectivity index (χ3n) is 4.33. The minimum absolute atomic E-state index is 0.0680. The SMILES string of the molecule is Fc1cc2c(OC3CCNCC3)nn(-c3ccccc3F)c2cc1F. The Hall–Kier alpha value is -2.54. The number of fused-ring (bicyclic) bond motifs is 1. The first-order valence-electron chi connectivity index (χ1n) is 8.13. The molecule has 1 aliphatic heterocycles. The van der Waals surface area contributed by atoms with Crippen LogP contribution in [0.1, 0.15) is 12.8 Å². The maximum atomic E-state index is 14.2. The molecule has 1 saturated heterocycles. The molecule has 0 saturated carbocycles. The minimum Gasteiger partial charge on any atom is -0.473 e. The lowest BCUT2D eigenvalue weighted by molar-refractivity contribution is 0.157. The third kappa shape index (κ3) is 2.95. The van der Waals surface area contributed by atoms with E-state index in [2.05, 4.69) is 10.4 Å². The molecule has 0 atom stereocenters.